The lowest BCUT2D eigenvalue weighted by Crippen LogP contribution is -2.52. The second kappa shape index (κ2) is 4.87. The average Bonchev–Trinajstić information content (AvgIpc) is 2.67. The van der Waals surface area contributed by atoms with E-state index in [1.54, 1.807) is 17.3 Å². The molecule has 0 saturated carbocycles. The van der Waals surface area contributed by atoms with Crippen LogP contribution in [0.15, 0.2) is 18.5 Å². The third-order valence-corrected chi connectivity index (χ3v) is 3.47. The van der Waals surface area contributed by atoms with Crippen LogP contribution in [0.25, 0.3) is 11.0 Å². The summed E-state index contributed by atoms with van der Waals surface area (Å²) in [6.07, 6.45) is 3.06. The predicted molar refractivity (Wildman–Crippen MR) is 79.4 cm³/mol. The molecule has 3 heterocycles. The van der Waals surface area contributed by atoms with E-state index in [9.17, 15) is 4.79 Å². The van der Waals surface area contributed by atoms with Crippen LogP contribution in [-0.2, 0) is 4.74 Å². The minimum Gasteiger partial charge on any atom is -0.444 e. The minimum atomic E-state index is -0.473. The van der Waals surface area contributed by atoms with E-state index in [-0.39, 0.29) is 12.1 Å². The highest BCUT2D eigenvalue weighted by molar-refractivity contribution is 6.31. The number of likely N-dealkylation sites (tertiary alicyclic amines) is 1. The Labute approximate surface area is 127 Å². The number of rotatable bonds is 1. The Morgan fingerprint density at radius 3 is 2.76 bits per heavy atom. The van der Waals surface area contributed by atoms with Crippen LogP contribution in [0, 0.1) is 0 Å². The van der Waals surface area contributed by atoms with Gasteiger partial charge >= 0.3 is 6.09 Å². The molecule has 0 aliphatic carbocycles. The van der Waals surface area contributed by atoms with Crippen LogP contribution in [0.5, 0.6) is 0 Å². The molecule has 6 nitrogen and oxygen atoms in total. The molecular formula is C14H17ClN4O2. The van der Waals surface area contributed by atoms with Crippen LogP contribution in [0.2, 0.25) is 5.02 Å². The summed E-state index contributed by atoms with van der Waals surface area (Å²) >= 11 is 5.91. The number of aromatic nitrogens is 3. The maximum atomic E-state index is 11.9. The van der Waals surface area contributed by atoms with Crippen molar-refractivity contribution in [1.82, 2.24) is 19.7 Å². The van der Waals surface area contributed by atoms with Gasteiger partial charge in [0.25, 0.3) is 0 Å². The van der Waals surface area contributed by atoms with Gasteiger partial charge in [-0.05, 0) is 26.8 Å². The topological polar surface area (TPSA) is 60.2 Å². The Morgan fingerprint density at radius 2 is 2.10 bits per heavy atom. The molecule has 0 bridgehead atoms. The summed E-state index contributed by atoms with van der Waals surface area (Å²) in [6.45, 7) is 6.73. The lowest BCUT2D eigenvalue weighted by Gasteiger charge is -2.39. The van der Waals surface area contributed by atoms with Gasteiger partial charge in [-0.15, -0.1) is 0 Å². The van der Waals surface area contributed by atoms with Gasteiger partial charge in [-0.2, -0.15) is 5.10 Å². The minimum absolute atomic E-state index is 0.128. The molecule has 1 aliphatic rings. The summed E-state index contributed by atoms with van der Waals surface area (Å²) in [5.74, 6) is 0. The lowest BCUT2D eigenvalue weighted by molar-refractivity contribution is 0.0000877. The maximum Gasteiger partial charge on any atom is 0.410 e. The number of nitrogens with zero attached hydrogens (tertiary/aromatic N) is 4. The van der Waals surface area contributed by atoms with E-state index in [2.05, 4.69) is 10.1 Å². The fourth-order valence-electron chi connectivity index (χ4n) is 2.27. The van der Waals surface area contributed by atoms with Crippen molar-refractivity contribution in [2.75, 3.05) is 13.1 Å². The highest BCUT2D eigenvalue weighted by Gasteiger charge is 2.36. The monoisotopic (exact) mass is 308 g/mol. The third kappa shape index (κ3) is 2.81. The lowest BCUT2D eigenvalue weighted by atomic mass is 10.1. The summed E-state index contributed by atoms with van der Waals surface area (Å²) < 4.78 is 7.17. The van der Waals surface area contributed by atoms with Crippen molar-refractivity contribution >= 4 is 28.7 Å². The summed E-state index contributed by atoms with van der Waals surface area (Å²) in [5, 5.41) is 5.83. The first kappa shape index (κ1) is 14.1. The van der Waals surface area contributed by atoms with Gasteiger partial charge in [-0.3, -0.25) is 0 Å². The number of carbonyl (C=O) groups is 1. The molecule has 112 valence electrons. The predicted octanol–water partition coefficient (Wildman–Crippen LogP) is 2.88. The van der Waals surface area contributed by atoms with Gasteiger partial charge in [0.05, 0.1) is 17.3 Å². The number of fused-ring (bicyclic) bond motifs is 1. The Kier molecular flexibility index (Phi) is 3.28. The van der Waals surface area contributed by atoms with Gasteiger partial charge < -0.3 is 9.64 Å². The number of ether oxygens (including phenoxy) is 1. The van der Waals surface area contributed by atoms with Crippen molar-refractivity contribution in [1.29, 1.82) is 0 Å². The SMILES string of the molecule is CC(C)(C)OC(=O)N1CC(n2ncc3cc(Cl)cnc32)C1. The highest BCUT2D eigenvalue weighted by atomic mass is 35.5. The van der Waals surface area contributed by atoms with Crippen LogP contribution in [0.3, 0.4) is 0 Å². The molecule has 1 aliphatic heterocycles. The van der Waals surface area contributed by atoms with Crippen LogP contribution in [0.4, 0.5) is 4.79 Å². The Hall–Kier alpha value is -1.82. The second-order valence-corrected chi connectivity index (χ2v) is 6.63. The van der Waals surface area contributed by atoms with E-state index >= 15 is 0 Å². The molecule has 0 atom stereocenters. The second-order valence-electron chi connectivity index (χ2n) is 6.19. The molecule has 1 fully saturated rings. The molecule has 1 saturated heterocycles. The van der Waals surface area contributed by atoms with Gasteiger partial charge in [-0.1, -0.05) is 11.6 Å². The molecule has 1 amide bonds. The number of halogens is 1. The summed E-state index contributed by atoms with van der Waals surface area (Å²) in [5.41, 5.74) is 0.312. The molecule has 0 radical (unpaired) electrons. The van der Waals surface area contributed by atoms with Crippen molar-refractivity contribution in [2.24, 2.45) is 0 Å². The smallest absolute Gasteiger partial charge is 0.410 e. The standard InChI is InChI=1S/C14H17ClN4O2/c1-14(2,3)21-13(20)18-7-11(8-18)19-12-9(5-17-19)4-10(15)6-16-12/h4-6,11H,7-8H2,1-3H3. The Bertz CT molecular complexity index is 686. The zero-order chi connectivity index (χ0) is 15.2. The van der Waals surface area contributed by atoms with Gasteiger partial charge in [0.1, 0.15) is 5.60 Å². The van der Waals surface area contributed by atoms with Gasteiger partial charge in [0.2, 0.25) is 0 Å². The van der Waals surface area contributed by atoms with Crippen molar-refractivity contribution in [3.05, 3.63) is 23.5 Å². The molecule has 2 aromatic heterocycles. The van der Waals surface area contributed by atoms with E-state index in [0.717, 1.165) is 11.0 Å². The van der Waals surface area contributed by atoms with E-state index in [0.29, 0.717) is 18.1 Å². The summed E-state index contributed by atoms with van der Waals surface area (Å²) in [4.78, 5) is 17.9. The molecule has 3 rings (SSSR count). The Balaban J connectivity index is 1.69. The average molecular weight is 309 g/mol. The molecule has 0 aromatic carbocycles. The molecule has 7 heteroatoms. The van der Waals surface area contributed by atoms with Crippen molar-refractivity contribution in [3.8, 4) is 0 Å². The fourth-order valence-corrected chi connectivity index (χ4v) is 2.43. The number of pyridine rings is 1. The zero-order valence-electron chi connectivity index (χ0n) is 12.2. The number of hydrogen-bond acceptors (Lipinski definition) is 4. The Morgan fingerprint density at radius 1 is 1.38 bits per heavy atom. The van der Waals surface area contributed by atoms with Crippen LogP contribution >= 0.6 is 11.6 Å². The van der Waals surface area contributed by atoms with E-state index in [4.69, 9.17) is 16.3 Å². The van der Waals surface area contributed by atoms with E-state index in [1.807, 2.05) is 31.5 Å². The van der Waals surface area contributed by atoms with Crippen LogP contribution in [0.1, 0.15) is 26.8 Å². The molecule has 0 unspecified atom stereocenters. The number of amides is 1. The van der Waals surface area contributed by atoms with E-state index in [1.165, 1.54) is 0 Å². The maximum absolute atomic E-state index is 11.9. The summed E-state index contributed by atoms with van der Waals surface area (Å²) in [7, 11) is 0. The highest BCUT2D eigenvalue weighted by Crippen LogP contribution is 2.26. The van der Waals surface area contributed by atoms with Gasteiger partial charge in [-0.25, -0.2) is 14.5 Å². The van der Waals surface area contributed by atoms with Gasteiger partial charge in [0.15, 0.2) is 5.65 Å². The molecule has 0 spiro atoms. The first-order chi connectivity index (χ1) is 9.83. The van der Waals surface area contributed by atoms with Gasteiger partial charge in [0, 0.05) is 24.7 Å². The van der Waals surface area contributed by atoms with Crippen molar-refractivity contribution in [3.63, 3.8) is 0 Å². The summed E-state index contributed by atoms with van der Waals surface area (Å²) in [6, 6.07) is 1.96. The van der Waals surface area contributed by atoms with E-state index < -0.39 is 5.60 Å². The van der Waals surface area contributed by atoms with Crippen LogP contribution < -0.4 is 0 Å². The number of carbonyl (C=O) groups excluding carboxylic acids is 1. The normalized spacial score (nSPS) is 16.1. The van der Waals surface area contributed by atoms with Crippen LogP contribution in [-0.4, -0.2) is 44.4 Å². The molecule has 2 aromatic rings. The molecule has 0 N–H and O–H groups in total. The first-order valence-corrected chi connectivity index (χ1v) is 7.18. The third-order valence-electron chi connectivity index (χ3n) is 3.26. The first-order valence-electron chi connectivity index (χ1n) is 6.80. The quantitative estimate of drug-likeness (QED) is 0.812. The largest absolute Gasteiger partial charge is 0.444 e. The molecular weight excluding hydrogens is 292 g/mol. The number of hydrogen-bond donors (Lipinski definition) is 0. The molecule has 21 heavy (non-hydrogen) atoms. The fraction of sp³-hybridized carbons (Fsp3) is 0.500. The zero-order valence-corrected chi connectivity index (χ0v) is 13.0. The van der Waals surface area contributed by atoms with Crippen molar-refractivity contribution in [2.45, 2.75) is 32.4 Å². The van der Waals surface area contributed by atoms with Crippen molar-refractivity contribution < 1.29 is 9.53 Å².